The molecule has 3 atom stereocenters. The Kier molecular flexibility index (Phi) is 5.99. The predicted octanol–water partition coefficient (Wildman–Crippen LogP) is 5.04. The normalized spacial score (nSPS) is 22.4. The van der Waals surface area contributed by atoms with Crippen molar-refractivity contribution in [2.24, 2.45) is 0 Å². The quantitative estimate of drug-likeness (QED) is 0.377. The monoisotopic (exact) mass is 558 g/mol. The van der Waals surface area contributed by atoms with Crippen LogP contribution in [0.3, 0.4) is 0 Å². The van der Waals surface area contributed by atoms with Crippen LogP contribution in [0.2, 0.25) is 0 Å². The van der Waals surface area contributed by atoms with Gasteiger partial charge < -0.3 is 24.6 Å². The van der Waals surface area contributed by atoms with Crippen LogP contribution in [0.5, 0.6) is 17.2 Å². The average Bonchev–Trinajstić information content (AvgIpc) is 3.84. The fourth-order valence-electron chi connectivity index (χ4n) is 4.93. The first-order valence-corrected chi connectivity index (χ1v) is 12.8. The third-order valence-electron chi connectivity index (χ3n) is 7.77. The third-order valence-corrected chi connectivity index (χ3v) is 7.77. The van der Waals surface area contributed by atoms with Crippen molar-refractivity contribution in [2.75, 3.05) is 13.7 Å². The number of rotatable bonds is 8. The summed E-state index contributed by atoms with van der Waals surface area (Å²) in [5.74, 6) is -0.370. The Bertz CT molecular complexity index is 1490. The molecule has 0 radical (unpaired) electrons. The van der Waals surface area contributed by atoms with Gasteiger partial charge in [0, 0.05) is 22.1 Å². The SMILES string of the molecule is COc1cc(C(=O)NCC(O)(c2cc3c(c(-c4ccc(F)cc4)n2)OC2C[C@@]32C)C(F)(F)F)ccc1OC1CC1. The Balaban J connectivity index is 1.33. The van der Waals surface area contributed by atoms with Gasteiger partial charge in [-0.05, 0) is 67.8 Å². The molecule has 7 nitrogen and oxygen atoms in total. The van der Waals surface area contributed by atoms with Gasteiger partial charge in [-0.15, -0.1) is 0 Å². The largest absolute Gasteiger partial charge is 0.493 e. The van der Waals surface area contributed by atoms with E-state index in [1.165, 1.54) is 55.6 Å². The van der Waals surface area contributed by atoms with Gasteiger partial charge in [-0.2, -0.15) is 13.2 Å². The molecule has 2 heterocycles. The lowest BCUT2D eigenvalue weighted by molar-refractivity contribution is -0.265. The average molecular weight is 559 g/mol. The second-order valence-electron chi connectivity index (χ2n) is 10.7. The number of fused-ring (bicyclic) bond motifs is 3. The molecular formula is C29H26F4N2O5. The number of alkyl halides is 3. The first-order chi connectivity index (χ1) is 18.9. The number of carbonyl (C=O) groups excluding carboxylic acids is 1. The zero-order chi connectivity index (χ0) is 28.4. The van der Waals surface area contributed by atoms with Crippen LogP contribution in [0.4, 0.5) is 17.6 Å². The van der Waals surface area contributed by atoms with Crippen LogP contribution in [0.1, 0.15) is 47.8 Å². The number of halogens is 4. The number of amides is 1. The molecule has 40 heavy (non-hydrogen) atoms. The Labute approximate surface area is 227 Å². The first-order valence-electron chi connectivity index (χ1n) is 12.8. The standard InChI is InChI=1S/C29H26F4N2O5/c1-27-13-23(27)40-25-19(27)12-22(35-24(25)15-3-6-17(30)7-4-15)28(37,29(31,32)33)14-34-26(36)16-5-10-20(21(11-16)38-2)39-18-8-9-18/h3-7,10-12,18,23,37H,8-9,13-14H2,1-2H3,(H,34,36)/t23?,27-,28?/m0/s1. The topological polar surface area (TPSA) is 89.9 Å². The predicted molar refractivity (Wildman–Crippen MR) is 135 cm³/mol. The molecule has 1 aliphatic heterocycles. The number of carbonyl (C=O) groups is 1. The van der Waals surface area contributed by atoms with Crippen molar-refractivity contribution in [1.29, 1.82) is 0 Å². The van der Waals surface area contributed by atoms with Crippen LogP contribution >= 0.6 is 0 Å². The maximum absolute atomic E-state index is 14.5. The number of nitrogens with one attached hydrogen (secondary N) is 1. The summed E-state index contributed by atoms with van der Waals surface area (Å²) in [5, 5.41) is 13.4. The number of hydrogen-bond donors (Lipinski definition) is 2. The molecule has 210 valence electrons. The second kappa shape index (κ2) is 9.09. The van der Waals surface area contributed by atoms with Gasteiger partial charge in [-0.25, -0.2) is 9.37 Å². The number of pyridine rings is 1. The molecule has 6 rings (SSSR count). The van der Waals surface area contributed by atoms with Crippen molar-refractivity contribution >= 4 is 5.91 Å². The summed E-state index contributed by atoms with van der Waals surface area (Å²) in [7, 11) is 1.39. The van der Waals surface area contributed by atoms with Gasteiger partial charge in [0.15, 0.2) is 11.5 Å². The first kappa shape index (κ1) is 26.4. The maximum Gasteiger partial charge on any atom is 0.424 e. The Hall–Kier alpha value is -3.86. The molecule has 1 amide bonds. The van der Waals surface area contributed by atoms with Gasteiger partial charge in [0.05, 0.1) is 25.5 Å². The summed E-state index contributed by atoms with van der Waals surface area (Å²) in [4.78, 5) is 17.1. The number of aliphatic hydroxyl groups is 1. The summed E-state index contributed by atoms with van der Waals surface area (Å²) in [6.07, 6.45) is -2.92. The van der Waals surface area contributed by atoms with E-state index >= 15 is 0 Å². The highest BCUT2D eigenvalue weighted by molar-refractivity contribution is 5.95. The lowest BCUT2D eigenvalue weighted by atomic mass is 9.90. The minimum Gasteiger partial charge on any atom is -0.493 e. The van der Waals surface area contributed by atoms with Crippen molar-refractivity contribution < 1.29 is 41.7 Å². The number of methoxy groups -OCH3 is 1. The van der Waals surface area contributed by atoms with Crippen LogP contribution in [-0.4, -0.2) is 48.0 Å². The van der Waals surface area contributed by atoms with E-state index in [9.17, 15) is 27.5 Å². The van der Waals surface area contributed by atoms with Gasteiger partial charge in [-0.3, -0.25) is 4.79 Å². The van der Waals surface area contributed by atoms with E-state index in [1.54, 1.807) is 0 Å². The van der Waals surface area contributed by atoms with E-state index in [-0.39, 0.29) is 29.2 Å². The highest BCUT2D eigenvalue weighted by Crippen LogP contribution is 2.61. The van der Waals surface area contributed by atoms with Gasteiger partial charge in [0.1, 0.15) is 23.4 Å². The number of benzene rings is 2. The number of nitrogens with zero attached hydrogens (tertiary/aromatic N) is 1. The molecule has 2 fully saturated rings. The molecule has 0 bridgehead atoms. The smallest absolute Gasteiger partial charge is 0.424 e. The molecule has 2 aromatic carbocycles. The molecule has 2 N–H and O–H groups in total. The minimum atomic E-state index is -5.20. The zero-order valence-electron chi connectivity index (χ0n) is 21.6. The Morgan fingerprint density at radius 2 is 1.88 bits per heavy atom. The van der Waals surface area contributed by atoms with E-state index in [2.05, 4.69) is 10.3 Å². The van der Waals surface area contributed by atoms with Crippen LogP contribution in [0.25, 0.3) is 11.3 Å². The van der Waals surface area contributed by atoms with E-state index in [4.69, 9.17) is 14.2 Å². The molecule has 3 aromatic rings. The molecule has 2 unspecified atom stereocenters. The van der Waals surface area contributed by atoms with E-state index in [0.717, 1.165) is 12.8 Å². The summed E-state index contributed by atoms with van der Waals surface area (Å²) in [6, 6.07) is 10.6. The summed E-state index contributed by atoms with van der Waals surface area (Å²) in [5.41, 5.74) is -3.86. The van der Waals surface area contributed by atoms with E-state index in [0.29, 0.717) is 29.0 Å². The summed E-state index contributed by atoms with van der Waals surface area (Å²) < 4.78 is 74.1. The van der Waals surface area contributed by atoms with Crippen LogP contribution in [0.15, 0.2) is 48.5 Å². The Morgan fingerprint density at radius 3 is 2.52 bits per heavy atom. The highest BCUT2D eigenvalue weighted by atomic mass is 19.4. The highest BCUT2D eigenvalue weighted by Gasteiger charge is 2.62. The fourth-order valence-corrected chi connectivity index (χ4v) is 4.93. The summed E-state index contributed by atoms with van der Waals surface area (Å²) >= 11 is 0. The van der Waals surface area contributed by atoms with Crippen LogP contribution in [0, 0.1) is 5.82 Å². The maximum atomic E-state index is 14.5. The van der Waals surface area contributed by atoms with Crippen molar-refractivity contribution in [3.05, 3.63) is 71.2 Å². The number of ether oxygens (including phenoxy) is 3. The van der Waals surface area contributed by atoms with Crippen molar-refractivity contribution in [3.63, 3.8) is 0 Å². The van der Waals surface area contributed by atoms with Crippen molar-refractivity contribution in [3.8, 4) is 28.5 Å². The number of hydrogen-bond acceptors (Lipinski definition) is 6. The lowest BCUT2D eigenvalue weighted by Crippen LogP contribution is -2.51. The fraction of sp³-hybridized carbons (Fsp3) is 0.379. The van der Waals surface area contributed by atoms with E-state index < -0.39 is 41.2 Å². The van der Waals surface area contributed by atoms with Crippen LogP contribution in [-0.2, 0) is 11.0 Å². The minimum absolute atomic E-state index is 0.0279. The molecule has 3 aliphatic rings. The molecule has 11 heteroatoms. The van der Waals surface area contributed by atoms with Gasteiger partial charge in [0.25, 0.3) is 5.91 Å². The molecular weight excluding hydrogens is 532 g/mol. The molecule has 2 saturated carbocycles. The second-order valence-corrected chi connectivity index (χ2v) is 10.7. The molecule has 0 saturated heterocycles. The molecule has 2 aliphatic carbocycles. The molecule has 1 aromatic heterocycles. The zero-order valence-corrected chi connectivity index (χ0v) is 21.6. The summed E-state index contributed by atoms with van der Waals surface area (Å²) in [6.45, 7) is 0.660. The van der Waals surface area contributed by atoms with Gasteiger partial charge in [0.2, 0.25) is 5.60 Å². The van der Waals surface area contributed by atoms with Gasteiger partial charge in [-0.1, -0.05) is 6.92 Å². The van der Waals surface area contributed by atoms with Crippen molar-refractivity contribution in [2.45, 2.75) is 55.6 Å². The Morgan fingerprint density at radius 1 is 1.15 bits per heavy atom. The van der Waals surface area contributed by atoms with E-state index in [1.807, 2.05) is 6.92 Å². The van der Waals surface area contributed by atoms with Gasteiger partial charge >= 0.3 is 6.18 Å². The third kappa shape index (κ3) is 4.42. The lowest BCUT2D eigenvalue weighted by Gasteiger charge is -2.31. The molecule has 0 spiro atoms. The van der Waals surface area contributed by atoms with Crippen LogP contribution < -0.4 is 19.5 Å². The number of aromatic nitrogens is 1. The van der Waals surface area contributed by atoms with Crippen molar-refractivity contribution in [1.82, 2.24) is 10.3 Å².